The predicted octanol–water partition coefficient (Wildman–Crippen LogP) is 3.89. The summed E-state index contributed by atoms with van der Waals surface area (Å²) in [6.07, 6.45) is 0. The fourth-order valence-electron chi connectivity index (χ4n) is 2.03. The maximum atomic E-state index is 13.2. The molecule has 0 amide bonds. The van der Waals surface area contributed by atoms with E-state index in [1.807, 2.05) is 11.5 Å². The first-order chi connectivity index (χ1) is 8.90. The summed E-state index contributed by atoms with van der Waals surface area (Å²) in [4.78, 5) is 4.46. The Morgan fingerprint density at radius 3 is 2.68 bits per heavy atom. The summed E-state index contributed by atoms with van der Waals surface area (Å²) in [5, 5.41) is 0.0768. The van der Waals surface area contributed by atoms with E-state index in [4.69, 9.17) is 17.3 Å². The second-order valence-corrected chi connectivity index (χ2v) is 5.43. The van der Waals surface area contributed by atoms with E-state index in [1.54, 1.807) is 12.1 Å². The van der Waals surface area contributed by atoms with Gasteiger partial charge in [-0.3, -0.25) is 0 Å². The highest BCUT2D eigenvalue weighted by atomic mass is 35.5. The van der Waals surface area contributed by atoms with Crippen molar-refractivity contribution in [1.29, 1.82) is 0 Å². The lowest BCUT2D eigenvalue weighted by Gasteiger charge is -2.10. The molecule has 0 radical (unpaired) electrons. The van der Waals surface area contributed by atoms with Crippen LogP contribution in [0.2, 0.25) is 5.02 Å². The van der Waals surface area contributed by atoms with Crippen molar-refractivity contribution in [2.45, 2.75) is 27.3 Å². The van der Waals surface area contributed by atoms with E-state index >= 15 is 0 Å². The normalized spacial score (nSPS) is 11.3. The summed E-state index contributed by atoms with van der Waals surface area (Å²) in [6.45, 7) is 6.95. The van der Waals surface area contributed by atoms with E-state index in [0.29, 0.717) is 17.4 Å². The molecule has 0 aliphatic rings. The van der Waals surface area contributed by atoms with Gasteiger partial charge < -0.3 is 10.3 Å². The number of nitrogen functional groups attached to an aromatic ring is 1. The number of benzene rings is 1. The molecule has 102 valence electrons. The predicted molar refractivity (Wildman–Crippen MR) is 76.6 cm³/mol. The first-order valence-electron chi connectivity index (χ1n) is 6.18. The molecule has 2 aromatic rings. The lowest BCUT2D eigenvalue weighted by molar-refractivity contribution is 0.518. The summed E-state index contributed by atoms with van der Waals surface area (Å²) >= 11 is 5.80. The van der Waals surface area contributed by atoms with Gasteiger partial charge in [-0.15, -0.1) is 0 Å². The summed E-state index contributed by atoms with van der Waals surface area (Å²) in [6, 6.07) is 4.52. The quantitative estimate of drug-likeness (QED) is 0.927. The number of halogens is 2. The van der Waals surface area contributed by atoms with Crippen LogP contribution in [0.3, 0.4) is 0 Å². The molecule has 0 aliphatic heterocycles. The molecule has 0 aliphatic carbocycles. The zero-order valence-corrected chi connectivity index (χ0v) is 12.0. The molecule has 0 fully saturated rings. The minimum absolute atomic E-state index is 0.0768. The van der Waals surface area contributed by atoms with Crippen molar-refractivity contribution in [3.8, 4) is 11.3 Å². The number of imidazole rings is 1. The summed E-state index contributed by atoms with van der Waals surface area (Å²) in [7, 11) is 0. The van der Waals surface area contributed by atoms with Crippen LogP contribution < -0.4 is 5.73 Å². The number of rotatable bonds is 3. The fraction of sp³-hybridized carbons (Fsp3) is 0.357. The van der Waals surface area contributed by atoms with Gasteiger partial charge in [-0.25, -0.2) is 9.37 Å². The van der Waals surface area contributed by atoms with Crippen molar-refractivity contribution in [3.05, 3.63) is 34.9 Å². The van der Waals surface area contributed by atoms with Crippen molar-refractivity contribution in [1.82, 2.24) is 9.55 Å². The van der Waals surface area contributed by atoms with E-state index in [2.05, 4.69) is 18.8 Å². The highest BCUT2D eigenvalue weighted by Crippen LogP contribution is 2.29. The van der Waals surface area contributed by atoms with E-state index in [9.17, 15) is 4.39 Å². The third-order valence-electron chi connectivity index (χ3n) is 2.94. The summed E-state index contributed by atoms with van der Waals surface area (Å²) < 4.78 is 15.2. The minimum Gasteiger partial charge on any atom is -0.383 e. The van der Waals surface area contributed by atoms with Gasteiger partial charge in [0.15, 0.2) is 0 Å². The van der Waals surface area contributed by atoms with Gasteiger partial charge in [0.2, 0.25) is 0 Å². The Morgan fingerprint density at radius 1 is 1.42 bits per heavy atom. The second kappa shape index (κ2) is 5.21. The molecule has 1 aromatic carbocycles. The van der Waals surface area contributed by atoms with Crippen LogP contribution in [0.1, 0.15) is 19.7 Å². The van der Waals surface area contributed by atoms with Gasteiger partial charge >= 0.3 is 0 Å². The van der Waals surface area contributed by atoms with Crippen molar-refractivity contribution in [2.24, 2.45) is 5.92 Å². The Hall–Kier alpha value is -1.55. The maximum absolute atomic E-state index is 13.2. The molecule has 5 heteroatoms. The third kappa shape index (κ3) is 2.73. The van der Waals surface area contributed by atoms with Gasteiger partial charge in [0, 0.05) is 12.1 Å². The van der Waals surface area contributed by atoms with E-state index in [1.165, 1.54) is 6.07 Å². The van der Waals surface area contributed by atoms with E-state index in [0.717, 1.165) is 17.9 Å². The zero-order valence-electron chi connectivity index (χ0n) is 11.2. The number of hydrogen-bond acceptors (Lipinski definition) is 2. The maximum Gasteiger partial charge on any atom is 0.141 e. The van der Waals surface area contributed by atoms with Crippen molar-refractivity contribution in [3.63, 3.8) is 0 Å². The summed E-state index contributed by atoms with van der Waals surface area (Å²) in [5.41, 5.74) is 7.52. The molecule has 1 heterocycles. The minimum atomic E-state index is -0.442. The van der Waals surface area contributed by atoms with Gasteiger partial charge in [-0.05, 0) is 31.0 Å². The molecule has 2 rings (SSSR count). The fourth-order valence-corrected chi connectivity index (χ4v) is 2.21. The summed E-state index contributed by atoms with van der Waals surface area (Å²) in [5.74, 6) is 1.47. The van der Waals surface area contributed by atoms with Crippen molar-refractivity contribution >= 4 is 17.4 Å². The molecule has 1 aromatic heterocycles. The van der Waals surface area contributed by atoms with Crippen LogP contribution in [-0.4, -0.2) is 9.55 Å². The highest BCUT2D eigenvalue weighted by Gasteiger charge is 2.15. The Labute approximate surface area is 117 Å². The van der Waals surface area contributed by atoms with Crippen LogP contribution >= 0.6 is 11.6 Å². The van der Waals surface area contributed by atoms with Crippen LogP contribution in [-0.2, 0) is 6.54 Å². The van der Waals surface area contributed by atoms with Gasteiger partial charge in [-0.2, -0.15) is 0 Å². The largest absolute Gasteiger partial charge is 0.383 e. The SMILES string of the molecule is Cc1nc(-c2ccc(F)c(Cl)c2)c(N)n1CC(C)C. The molecule has 0 atom stereocenters. The molecule has 0 unspecified atom stereocenters. The van der Waals surface area contributed by atoms with Crippen molar-refractivity contribution < 1.29 is 4.39 Å². The molecule has 0 saturated heterocycles. The average molecular weight is 282 g/mol. The van der Waals surface area contributed by atoms with E-state index < -0.39 is 5.82 Å². The third-order valence-corrected chi connectivity index (χ3v) is 3.23. The molecule has 2 N–H and O–H groups in total. The first-order valence-corrected chi connectivity index (χ1v) is 6.56. The molecular formula is C14H17ClFN3. The smallest absolute Gasteiger partial charge is 0.141 e. The van der Waals surface area contributed by atoms with Gasteiger partial charge in [0.25, 0.3) is 0 Å². The molecular weight excluding hydrogens is 265 g/mol. The lowest BCUT2D eigenvalue weighted by Crippen LogP contribution is -2.09. The number of nitrogens with zero attached hydrogens (tertiary/aromatic N) is 2. The molecule has 0 spiro atoms. The number of hydrogen-bond donors (Lipinski definition) is 1. The second-order valence-electron chi connectivity index (χ2n) is 5.03. The van der Waals surface area contributed by atoms with E-state index in [-0.39, 0.29) is 5.02 Å². The van der Waals surface area contributed by atoms with Gasteiger partial charge in [-0.1, -0.05) is 25.4 Å². The molecule has 3 nitrogen and oxygen atoms in total. The number of anilines is 1. The van der Waals surface area contributed by atoms with Crippen LogP contribution in [0.15, 0.2) is 18.2 Å². The van der Waals surface area contributed by atoms with Crippen LogP contribution in [0.25, 0.3) is 11.3 Å². The Bertz CT molecular complexity index is 605. The number of aromatic nitrogens is 2. The average Bonchev–Trinajstić information content (AvgIpc) is 2.60. The van der Waals surface area contributed by atoms with Crippen LogP contribution in [0.4, 0.5) is 10.2 Å². The number of aryl methyl sites for hydroxylation is 1. The lowest BCUT2D eigenvalue weighted by atomic mass is 10.1. The molecule has 0 bridgehead atoms. The van der Waals surface area contributed by atoms with Crippen molar-refractivity contribution in [2.75, 3.05) is 5.73 Å². The topological polar surface area (TPSA) is 43.8 Å². The Morgan fingerprint density at radius 2 is 2.11 bits per heavy atom. The zero-order chi connectivity index (χ0) is 14.2. The monoisotopic (exact) mass is 281 g/mol. The van der Waals surface area contributed by atoms with Gasteiger partial charge in [0.05, 0.1) is 5.02 Å². The van der Waals surface area contributed by atoms with Crippen LogP contribution in [0.5, 0.6) is 0 Å². The Balaban J connectivity index is 2.48. The first kappa shape index (κ1) is 13.9. The Kier molecular flexibility index (Phi) is 3.80. The highest BCUT2D eigenvalue weighted by molar-refractivity contribution is 6.31. The van der Waals surface area contributed by atoms with Gasteiger partial charge in [0.1, 0.15) is 23.2 Å². The molecule has 0 saturated carbocycles. The standard InChI is InChI=1S/C14H17ClFN3/c1-8(2)7-19-9(3)18-13(14(19)17)10-4-5-12(16)11(15)6-10/h4-6,8H,7,17H2,1-3H3. The number of nitrogens with two attached hydrogens (primary N) is 1. The van der Waals surface area contributed by atoms with Crippen LogP contribution in [0, 0.1) is 18.7 Å². The molecule has 19 heavy (non-hydrogen) atoms.